The number of nitrogens with one attached hydrogen (secondary N) is 1. The van der Waals surface area contributed by atoms with Crippen molar-refractivity contribution in [2.45, 2.75) is 51.6 Å². The van der Waals surface area contributed by atoms with Crippen molar-refractivity contribution in [2.75, 3.05) is 7.11 Å². The summed E-state index contributed by atoms with van der Waals surface area (Å²) in [6, 6.07) is 9.48. The smallest absolute Gasteiger partial charge is 0.118 e. The summed E-state index contributed by atoms with van der Waals surface area (Å²) in [5.41, 5.74) is 1.35. The van der Waals surface area contributed by atoms with Crippen LogP contribution in [0.4, 0.5) is 0 Å². The fourth-order valence-electron chi connectivity index (χ4n) is 4.41. The molecule has 5 unspecified atom stereocenters. The molecule has 2 fully saturated rings. The fourth-order valence-corrected chi connectivity index (χ4v) is 4.41. The first-order chi connectivity index (χ1) is 9.67. The molecule has 1 aromatic carbocycles. The Morgan fingerprint density at radius 2 is 1.85 bits per heavy atom. The average Bonchev–Trinajstić information content (AvgIpc) is 3.10. The van der Waals surface area contributed by atoms with E-state index in [1.807, 2.05) is 0 Å². The van der Waals surface area contributed by atoms with E-state index in [1.54, 1.807) is 7.11 Å². The first-order valence-electron chi connectivity index (χ1n) is 8.07. The van der Waals surface area contributed by atoms with Gasteiger partial charge < -0.3 is 10.1 Å². The molecule has 2 aliphatic rings. The predicted molar refractivity (Wildman–Crippen MR) is 82.9 cm³/mol. The number of fused-ring (bicyclic) bond motifs is 2. The number of methoxy groups -OCH3 is 1. The van der Waals surface area contributed by atoms with Gasteiger partial charge in [-0.25, -0.2) is 0 Å². The summed E-state index contributed by atoms with van der Waals surface area (Å²) >= 11 is 0. The quantitative estimate of drug-likeness (QED) is 0.869. The van der Waals surface area contributed by atoms with Crippen LogP contribution in [0.2, 0.25) is 0 Å². The molecule has 0 spiro atoms. The number of hydrogen-bond donors (Lipinski definition) is 1. The van der Waals surface area contributed by atoms with Crippen molar-refractivity contribution in [3.63, 3.8) is 0 Å². The second kappa shape index (κ2) is 5.77. The maximum absolute atomic E-state index is 5.22. The van der Waals surface area contributed by atoms with Crippen molar-refractivity contribution in [1.29, 1.82) is 0 Å². The number of benzene rings is 1. The van der Waals surface area contributed by atoms with Crippen molar-refractivity contribution in [2.24, 2.45) is 17.8 Å². The Bertz CT molecular complexity index is 441. The van der Waals surface area contributed by atoms with Crippen LogP contribution in [-0.2, 0) is 0 Å². The standard InChI is InChI=1S/C18H27NO/c1-12(15-6-8-17(20-3)9-7-15)19-13(2)18-11-14-4-5-16(18)10-14/h6-9,12-14,16,18-19H,4-5,10-11H2,1-3H3. The van der Waals surface area contributed by atoms with E-state index in [4.69, 9.17) is 4.74 Å². The molecule has 0 aliphatic heterocycles. The van der Waals surface area contributed by atoms with Crippen molar-refractivity contribution in [3.8, 4) is 5.75 Å². The van der Waals surface area contributed by atoms with Crippen LogP contribution in [0.1, 0.15) is 51.1 Å². The maximum atomic E-state index is 5.22. The van der Waals surface area contributed by atoms with Crippen molar-refractivity contribution in [3.05, 3.63) is 29.8 Å². The minimum absolute atomic E-state index is 0.412. The zero-order chi connectivity index (χ0) is 14.1. The van der Waals surface area contributed by atoms with Gasteiger partial charge in [0, 0.05) is 12.1 Å². The molecule has 1 aromatic rings. The van der Waals surface area contributed by atoms with Gasteiger partial charge in [0.2, 0.25) is 0 Å². The van der Waals surface area contributed by atoms with E-state index in [-0.39, 0.29) is 0 Å². The molecule has 2 saturated carbocycles. The molecule has 2 bridgehead atoms. The van der Waals surface area contributed by atoms with E-state index in [0.717, 1.165) is 23.5 Å². The molecule has 0 radical (unpaired) electrons. The van der Waals surface area contributed by atoms with Crippen LogP contribution in [0.5, 0.6) is 5.75 Å². The van der Waals surface area contributed by atoms with Crippen molar-refractivity contribution in [1.82, 2.24) is 5.32 Å². The van der Waals surface area contributed by atoms with Gasteiger partial charge in [0.1, 0.15) is 5.75 Å². The Kier molecular flexibility index (Phi) is 4.02. The Labute approximate surface area is 122 Å². The topological polar surface area (TPSA) is 21.3 Å². The molecular formula is C18H27NO. The summed E-state index contributed by atoms with van der Waals surface area (Å²) in [5, 5.41) is 3.82. The molecule has 110 valence electrons. The highest BCUT2D eigenvalue weighted by atomic mass is 16.5. The lowest BCUT2D eigenvalue weighted by atomic mass is 9.83. The van der Waals surface area contributed by atoms with Gasteiger partial charge in [-0.2, -0.15) is 0 Å². The lowest BCUT2D eigenvalue weighted by Gasteiger charge is -2.31. The SMILES string of the molecule is COc1ccc(C(C)NC(C)C2CC3CCC2C3)cc1. The molecule has 2 heteroatoms. The molecule has 20 heavy (non-hydrogen) atoms. The van der Waals surface area contributed by atoms with E-state index in [2.05, 4.69) is 43.4 Å². The van der Waals surface area contributed by atoms with E-state index >= 15 is 0 Å². The first-order valence-corrected chi connectivity index (χ1v) is 8.07. The van der Waals surface area contributed by atoms with Crippen LogP contribution in [0.25, 0.3) is 0 Å². The highest BCUT2D eigenvalue weighted by Gasteiger charge is 2.41. The minimum atomic E-state index is 0.412. The summed E-state index contributed by atoms with van der Waals surface area (Å²) in [4.78, 5) is 0. The Morgan fingerprint density at radius 3 is 2.40 bits per heavy atom. The van der Waals surface area contributed by atoms with Gasteiger partial charge in [-0.15, -0.1) is 0 Å². The summed E-state index contributed by atoms with van der Waals surface area (Å²) < 4.78 is 5.22. The van der Waals surface area contributed by atoms with E-state index in [9.17, 15) is 0 Å². The van der Waals surface area contributed by atoms with Crippen LogP contribution in [0.15, 0.2) is 24.3 Å². The minimum Gasteiger partial charge on any atom is -0.497 e. The zero-order valence-electron chi connectivity index (χ0n) is 12.9. The highest BCUT2D eigenvalue weighted by molar-refractivity contribution is 5.28. The molecule has 3 rings (SSSR count). The maximum Gasteiger partial charge on any atom is 0.118 e. The van der Waals surface area contributed by atoms with Crippen LogP contribution in [-0.4, -0.2) is 13.2 Å². The molecular weight excluding hydrogens is 246 g/mol. The van der Waals surface area contributed by atoms with Crippen LogP contribution in [0, 0.1) is 17.8 Å². The molecule has 2 nitrogen and oxygen atoms in total. The lowest BCUT2D eigenvalue weighted by Crippen LogP contribution is -2.37. The molecule has 5 atom stereocenters. The van der Waals surface area contributed by atoms with Gasteiger partial charge in [0.15, 0.2) is 0 Å². The monoisotopic (exact) mass is 273 g/mol. The second-order valence-corrected chi connectivity index (χ2v) is 6.79. The zero-order valence-corrected chi connectivity index (χ0v) is 12.9. The summed E-state index contributed by atoms with van der Waals surface area (Å²) in [6.07, 6.45) is 5.90. The number of ether oxygens (including phenoxy) is 1. The predicted octanol–water partition coefficient (Wildman–Crippen LogP) is 4.17. The average molecular weight is 273 g/mol. The number of hydrogen-bond acceptors (Lipinski definition) is 2. The molecule has 0 heterocycles. The lowest BCUT2D eigenvalue weighted by molar-refractivity contribution is 0.248. The van der Waals surface area contributed by atoms with E-state index in [0.29, 0.717) is 12.1 Å². The third kappa shape index (κ3) is 2.71. The van der Waals surface area contributed by atoms with Crippen LogP contribution >= 0.6 is 0 Å². The Balaban J connectivity index is 1.58. The van der Waals surface area contributed by atoms with E-state index in [1.165, 1.54) is 31.2 Å². The summed E-state index contributed by atoms with van der Waals surface area (Å²) in [5.74, 6) is 3.85. The Morgan fingerprint density at radius 1 is 1.10 bits per heavy atom. The molecule has 0 aromatic heterocycles. The number of rotatable bonds is 5. The van der Waals surface area contributed by atoms with Crippen molar-refractivity contribution >= 4 is 0 Å². The van der Waals surface area contributed by atoms with Gasteiger partial charge in [-0.05, 0) is 68.6 Å². The van der Waals surface area contributed by atoms with Gasteiger partial charge in [-0.1, -0.05) is 18.6 Å². The van der Waals surface area contributed by atoms with Gasteiger partial charge in [0.25, 0.3) is 0 Å². The first kappa shape index (κ1) is 13.9. The van der Waals surface area contributed by atoms with Crippen molar-refractivity contribution < 1.29 is 4.74 Å². The molecule has 0 amide bonds. The van der Waals surface area contributed by atoms with Crippen LogP contribution in [0.3, 0.4) is 0 Å². The second-order valence-electron chi connectivity index (χ2n) is 6.79. The van der Waals surface area contributed by atoms with Crippen LogP contribution < -0.4 is 10.1 Å². The molecule has 2 aliphatic carbocycles. The summed E-state index contributed by atoms with van der Waals surface area (Å²) in [7, 11) is 1.72. The van der Waals surface area contributed by atoms with Gasteiger partial charge in [-0.3, -0.25) is 0 Å². The summed E-state index contributed by atoms with van der Waals surface area (Å²) in [6.45, 7) is 4.65. The Hall–Kier alpha value is -1.02. The third-order valence-corrected chi connectivity index (χ3v) is 5.56. The third-order valence-electron chi connectivity index (χ3n) is 5.56. The van der Waals surface area contributed by atoms with E-state index < -0.39 is 0 Å². The highest BCUT2D eigenvalue weighted by Crippen LogP contribution is 2.49. The largest absolute Gasteiger partial charge is 0.497 e. The fraction of sp³-hybridized carbons (Fsp3) is 0.667. The normalized spacial score (nSPS) is 31.2. The van der Waals surface area contributed by atoms with Gasteiger partial charge >= 0.3 is 0 Å². The molecule has 0 saturated heterocycles. The molecule has 1 N–H and O–H groups in total. The van der Waals surface area contributed by atoms with Gasteiger partial charge in [0.05, 0.1) is 7.11 Å².